The third-order valence-electron chi connectivity index (χ3n) is 2.44. The van der Waals surface area contributed by atoms with Gasteiger partial charge in [-0.2, -0.15) is 0 Å². The first-order chi connectivity index (χ1) is 8.95. The molecule has 2 rings (SSSR count). The van der Waals surface area contributed by atoms with Crippen LogP contribution in [0.4, 0.5) is 17.2 Å². The van der Waals surface area contributed by atoms with E-state index in [-0.39, 0.29) is 10.8 Å². The van der Waals surface area contributed by atoms with Crippen LogP contribution in [0, 0.1) is 17.0 Å². The summed E-state index contributed by atoms with van der Waals surface area (Å²) in [7, 11) is 0. The van der Waals surface area contributed by atoms with E-state index in [9.17, 15) is 10.1 Å². The van der Waals surface area contributed by atoms with Gasteiger partial charge >= 0.3 is 0 Å². The zero-order valence-electron chi connectivity index (χ0n) is 9.85. The number of nitrogens with zero attached hydrogens (tertiary/aromatic N) is 2. The highest BCUT2D eigenvalue weighted by Gasteiger charge is 2.11. The van der Waals surface area contributed by atoms with E-state index in [1.807, 2.05) is 25.1 Å². The van der Waals surface area contributed by atoms with E-state index in [4.69, 9.17) is 11.6 Å². The summed E-state index contributed by atoms with van der Waals surface area (Å²) >= 11 is 9.13. The fourth-order valence-corrected chi connectivity index (χ4v) is 2.24. The van der Waals surface area contributed by atoms with Crippen LogP contribution in [-0.4, -0.2) is 9.91 Å². The second kappa shape index (κ2) is 5.54. The standard InChI is InChI=1S/C12H9BrClN3O2/c1-7-4-8(13)2-3-10(7)15-12-6-9(17(18)19)5-11(14)16-12/h2-6H,1H3,(H,15,16). The maximum atomic E-state index is 10.8. The number of aromatic nitrogens is 1. The van der Waals surface area contributed by atoms with Crippen molar-refractivity contribution in [3.63, 3.8) is 0 Å². The van der Waals surface area contributed by atoms with Crippen LogP contribution in [0.2, 0.25) is 5.15 Å². The minimum absolute atomic E-state index is 0.0754. The van der Waals surface area contributed by atoms with Crippen LogP contribution in [0.15, 0.2) is 34.8 Å². The first-order valence-corrected chi connectivity index (χ1v) is 6.48. The molecule has 0 atom stereocenters. The zero-order chi connectivity index (χ0) is 14.0. The molecule has 0 aliphatic carbocycles. The molecule has 0 radical (unpaired) electrons. The van der Waals surface area contributed by atoms with E-state index in [0.29, 0.717) is 5.82 Å². The summed E-state index contributed by atoms with van der Waals surface area (Å²) in [5.74, 6) is 0.338. The van der Waals surface area contributed by atoms with Gasteiger partial charge in [-0.15, -0.1) is 0 Å². The number of hydrogen-bond donors (Lipinski definition) is 1. The Balaban J connectivity index is 2.35. The van der Waals surface area contributed by atoms with Gasteiger partial charge in [-0.1, -0.05) is 27.5 Å². The van der Waals surface area contributed by atoms with E-state index in [1.54, 1.807) is 0 Å². The summed E-state index contributed by atoms with van der Waals surface area (Å²) in [5.41, 5.74) is 1.70. The Kier molecular flexibility index (Phi) is 4.01. The predicted molar refractivity (Wildman–Crippen MR) is 78.1 cm³/mol. The lowest BCUT2D eigenvalue weighted by atomic mass is 10.2. The first-order valence-electron chi connectivity index (χ1n) is 5.31. The van der Waals surface area contributed by atoms with E-state index >= 15 is 0 Å². The molecule has 0 aliphatic heterocycles. The number of hydrogen-bond acceptors (Lipinski definition) is 4. The first kappa shape index (κ1) is 13.8. The molecule has 2 aromatic rings. The van der Waals surface area contributed by atoms with Gasteiger partial charge in [0.25, 0.3) is 5.69 Å². The van der Waals surface area contributed by atoms with Crippen LogP contribution >= 0.6 is 27.5 Å². The Hall–Kier alpha value is -1.66. The molecule has 0 fully saturated rings. The third kappa shape index (κ3) is 3.42. The Morgan fingerprint density at radius 3 is 2.74 bits per heavy atom. The summed E-state index contributed by atoms with van der Waals surface area (Å²) in [5, 5.41) is 13.8. The molecular formula is C12H9BrClN3O2. The number of aryl methyl sites for hydroxylation is 1. The second-order valence-electron chi connectivity index (χ2n) is 3.87. The number of nitrogens with one attached hydrogen (secondary N) is 1. The van der Waals surface area contributed by atoms with Gasteiger partial charge in [0, 0.05) is 10.2 Å². The molecule has 1 aromatic heterocycles. The third-order valence-corrected chi connectivity index (χ3v) is 3.13. The molecule has 0 bridgehead atoms. The number of halogens is 2. The highest BCUT2D eigenvalue weighted by molar-refractivity contribution is 9.10. The zero-order valence-corrected chi connectivity index (χ0v) is 12.2. The normalized spacial score (nSPS) is 10.3. The van der Waals surface area contributed by atoms with Crippen molar-refractivity contribution in [1.82, 2.24) is 4.98 Å². The van der Waals surface area contributed by atoms with Crippen LogP contribution in [0.3, 0.4) is 0 Å². The van der Waals surface area contributed by atoms with Crippen molar-refractivity contribution in [2.24, 2.45) is 0 Å². The van der Waals surface area contributed by atoms with Crippen LogP contribution in [0.1, 0.15) is 5.56 Å². The fraction of sp³-hybridized carbons (Fsp3) is 0.0833. The van der Waals surface area contributed by atoms with Crippen molar-refractivity contribution >= 4 is 44.7 Å². The molecule has 1 N–H and O–H groups in total. The van der Waals surface area contributed by atoms with Crippen LogP contribution in [0.5, 0.6) is 0 Å². The Labute approximate surface area is 122 Å². The van der Waals surface area contributed by atoms with E-state index in [0.717, 1.165) is 15.7 Å². The molecule has 1 aromatic carbocycles. The van der Waals surface area contributed by atoms with Gasteiger partial charge in [-0.05, 0) is 30.7 Å². The molecule has 19 heavy (non-hydrogen) atoms. The van der Waals surface area contributed by atoms with Crippen molar-refractivity contribution in [3.05, 3.63) is 55.6 Å². The van der Waals surface area contributed by atoms with Crippen molar-refractivity contribution in [3.8, 4) is 0 Å². The van der Waals surface area contributed by atoms with Gasteiger partial charge in [0.2, 0.25) is 0 Å². The fourth-order valence-electron chi connectivity index (χ4n) is 1.56. The molecule has 98 valence electrons. The SMILES string of the molecule is Cc1cc(Br)ccc1Nc1cc([N+](=O)[O-])cc(Cl)n1. The van der Waals surface area contributed by atoms with Gasteiger partial charge in [-0.3, -0.25) is 10.1 Å². The predicted octanol–water partition coefficient (Wildman–Crippen LogP) is 4.46. The summed E-state index contributed by atoms with van der Waals surface area (Å²) in [4.78, 5) is 14.3. The largest absolute Gasteiger partial charge is 0.340 e. The number of pyridine rings is 1. The van der Waals surface area contributed by atoms with Crippen LogP contribution in [0.25, 0.3) is 0 Å². The smallest absolute Gasteiger partial charge is 0.276 e. The molecule has 0 amide bonds. The van der Waals surface area contributed by atoms with Gasteiger partial charge in [-0.25, -0.2) is 4.98 Å². The molecule has 0 spiro atoms. The number of anilines is 2. The van der Waals surface area contributed by atoms with Crippen molar-refractivity contribution in [1.29, 1.82) is 0 Å². The highest BCUT2D eigenvalue weighted by Crippen LogP contribution is 2.26. The van der Waals surface area contributed by atoms with E-state index in [1.165, 1.54) is 12.1 Å². The maximum Gasteiger partial charge on any atom is 0.276 e. The molecule has 0 unspecified atom stereocenters. The molecule has 1 heterocycles. The summed E-state index contributed by atoms with van der Waals surface area (Å²) in [6.07, 6.45) is 0. The van der Waals surface area contributed by atoms with E-state index in [2.05, 4.69) is 26.2 Å². The molecular weight excluding hydrogens is 334 g/mol. The number of nitro groups is 1. The van der Waals surface area contributed by atoms with Gasteiger partial charge in [0.1, 0.15) is 11.0 Å². The van der Waals surface area contributed by atoms with Gasteiger partial charge < -0.3 is 5.32 Å². The van der Waals surface area contributed by atoms with Gasteiger partial charge in [0.15, 0.2) is 0 Å². The summed E-state index contributed by atoms with van der Waals surface area (Å²) in [6.45, 7) is 1.92. The Bertz CT molecular complexity index is 649. The minimum atomic E-state index is -0.507. The van der Waals surface area contributed by atoms with Crippen molar-refractivity contribution in [2.75, 3.05) is 5.32 Å². The maximum absolute atomic E-state index is 10.8. The van der Waals surface area contributed by atoms with Crippen molar-refractivity contribution < 1.29 is 4.92 Å². The molecule has 7 heteroatoms. The van der Waals surface area contributed by atoms with Crippen LogP contribution in [-0.2, 0) is 0 Å². The van der Waals surface area contributed by atoms with Crippen molar-refractivity contribution in [2.45, 2.75) is 6.92 Å². The minimum Gasteiger partial charge on any atom is -0.340 e. The summed E-state index contributed by atoms with van der Waals surface area (Å²) in [6, 6.07) is 8.21. The average Bonchev–Trinajstić information content (AvgIpc) is 2.32. The van der Waals surface area contributed by atoms with Crippen LogP contribution < -0.4 is 5.32 Å². The number of rotatable bonds is 3. The second-order valence-corrected chi connectivity index (χ2v) is 5.18. The molecule has 0 aliphatic rings. The number of benzene rings is 1. The quantitative estimate of drug-likeness (QED) is 0.508. The lowest BCUT2D eigenvalue weighted by Crippen LogP contribution is -1.98. The highest BCUT2D eigenvalue weighted by atomic mass is 79.9. The molecule has 0 saturated carbocycles. The Morgan fingerprint density at radius 2 is 2.11 bits per heavy atom. The lowest BCUT2D eigenvalue weighted by Gasteiger charge is -2.09. The van der Waals surface area contributed by atoms with E-state index < -0.39 is 4.92 Å². The topological polar surface area (TPSA) is 68.1 Å². The van der Waals surface area contributed by atoms with Gasteiger partial charge in [0.05, 0.1) is 17.1 Å². The molecule has 5 nitrogen and oxygen atoms in total. The monoisotopic (exact) mass is 341 g/mol. The molecule has 0 saturated heterocycles. The summed E-state index contributed by atoms with van der Waals surface area (Å²) < 4.78 is 0.959. The Morgan fingerprint density at radius 1 is 1.37 bits per heavy atom. The average molecular weight is 343 g/mol. The lowest BCUT2D eigenvalue weighted by molar-refractivity contribution is -0.384.